The van der Waals surface area contributed by atoms with Crippen LogP contribution in [-0.2, 0) is 0 Å². The molecular formula is C11H18N4OS. The smallest absolute Gasteiger partial charge is 0.269 e. The maximum absolute atomic E-state index is 11.7. The Morgan fingerprint density at radius 2 is 2.41 bits per heavy atom. The molecule has 0 aromatic carbocycles. The zero-order valence-electron chi connectivity index (χ0n) is 10.1. The molecule has 17 heavy (non-hydrogen) atoms. The number of nitrogens with two attached hydrogens (primary N) is 1. The molecule has 0 fully saturated rings. The number of carbonyl (C=O) groups is 1. The number of anilines is 1. The van der Waals surface area contributed by atoms with Gasteiger partial charge in [-0.15, -0.1) is 0 Å². The molecule has 0 aliphatic heterocycles. The molecule has 0 spiro atoms. The van der Waals surface area contributed by atoms with Crippen molar-refractivity contribution in [1.82, 2.24) is 10.3 Å². The third-order valence-electron chi connectivity index (χ3n) is 2.40. The molecule has 0 aliphatic rings. The normalized spacial score (nSPS) is 11.9. The van der Waals surface area contributed by atoms with Crippen LogP contribution in [0, 0.1) is 0 Å². The molecule has 0 radical (unpaired) electrons. The van der Waals surface area contributed by atoms with Crippen LogP contribution in [0.25, 0.3) is 0 Å². The molecule has 6 heteroatoms. The van der Waals surface area contributed by atoms with Crippen molar-refractivity contribution in [2.24, 2.45) is 5.84 Å². The van der Waals surface area contributed by atoms with Gasteiger partial charge in [-0.3, -0.25) is 15.6 Å². The predicted molar refractivity (Wildman–Crippen MR) is 72.0 cm³/mol. The lowest BCUT2D eigenvalue weighted by molar-refractivity contribution is 0.0948. The Morgan fingerprint density at radius 1 is 1.65 bits per heavy atom. The minimum Gasteiger partial charge on any atom is -0.351 e. The first-order valence-corrected chi connectivity index (χ1v) is 6.69. The zero-order chi connectivity index (χ0) is 12.7. The van der Waals surface area contributed by atoms with E-state index in [0.717, 1.165) is 6.42 Å². The van der Waals surface area contributed by atoms with Crippen molar-refractivity contribution in [3.8, 4) is 0 Å². The molecule has 0 aliphatic carbocycles. The van der Waals surface area contributed by atoms with Crippen LogP contribution >= 0.6 is 11.8 Å². The van der Waals surface area contributed by atoms with Crippen LogP contribution in [0.2, 0.25) is 0 Å². The fraction of sp³-hybridized carbons (Fsp3) is 0.455. The molecule has 0 saturated carbocycles. The van der Waals surface area contributed by atoms with Crippen LogP contribution in [0.5, 0.6) is 0 Å². The first kappa shape index (κ1) is 13.8. The summed E-state index contributed by atoms with van der Waals surface area (Å²) in [6.45, 7) is 2.79. The number of nitrogens with one attached hydrogen (secondary N) is 2. The summed E-state index contributed by atoms with van der Waals surface area (Å²) in [7, 11) is 0. The van der Waals surface area contributed by atoms with Gasteiger partial charge in [0.15, 0.2) is 0 Å². The van der Waals surface area contributed by atoms with Gasteiger partial charge in [0.25, 0.3) is 5.91 Å². The van der Waals surface area contributed by atoms with E-state index in [2.05, 4.69) is 28.9 Å². The maximum Gasteiger partial charge on any atom is 0.269 e. The van der Waals surface area contributed by atoms with E-state index in [4.69, 9.17) is 5.84 Å². The number of amides is 1. The monoisotopic (exact) mass is 254 g/mol. The number of hydrazine groups is 1. The average molecular weight is 254 g/mol. The van der Waals surface area contributed by atoms with Crippen LogP contribution in [-0.4, -0.2) is 28.9 Å². The highest BCUT2D eigenvalue weighted by Gasteiger charge is 2.07. The van der Waals surface area contributed by atoms with Crippen molar-refractivity contribution in [3.05, 3.63) is 24.0 Å². The van der Waals surface area contributed by atoms with Gasteiger partial charge in [-0.2, -0.15) is 11.8 Å². The first-order chi connectivity index (χ1) is 8.17. The van der Waals surface area contributed by atoms with Crippen molar-refractivity contribution in [3.63, 3.8) is 0 Å². The van der Waals surface area contributed by atoms with E-state index in [0.29, 0.717) is 23.2 Å². The minimum atomic E-state index is -0.171. The Balaban J connectivity index is 2.46. The number of rotatable bonds is 6. The fourth-order valence-electron chi connectivity index (χ4n) is 1.24. The molecule has 1 aromatic rings. The highest BCUT2D eigenvalue weighted by Crippen LogP contribution is 2.09. The zero-order valence-corrected chi connectivity index (χ0v) is 10.9. The third kappa shape index (κ3) is 4.62. The lowest BCUT2D eigenvalue weighted by atomic mass is 10.3. The van der Waals surface area contributed by atoms with Gasteiger partial charge in [-0.25, -0.2) is 0 Å². The third-order valence-corrected chi connectivity index (χ3v) is 3.44. The minimum absolute atomic E-state index is 0.171. The van der Waals surface area contributed by atoms with Crippen molar-refractivity contribution >= 4 is 23.4 Å². The topological polar surface area (TPSA) is 80.0 Å². The molecule has 94 valence electrons. The molecule has 1 aromatic heterocycles. The van der Waals surface area contributed by atoms with Gasteiger partial charge < -0.3 is 10.7 Å². The summed E-state index contributed by atoms with van der Waals surface area (Å²) in [4.78, 5) is 15.7. The molecule has 0 bridgehead atoms. The van der Waals surface area contributed by atoms with Crippen LogP contribution in [0.1, 0.15) is 23.8 Å². The van der Waals surface area contributed by atoms with E-state index in [1.54, 1.807) is 30.1 Å². The number of hydrogen-bond acceptors (Lipinski definition) is 5. The second-order valence-electron chi connectivity index (χ2n) is 3.66. The van der Waals surface area contributed by atoms with Gasteiger partial charge in [-0.05, 0) is 24.8 Å². The van der Waals surface area contributed by atoms with Crippen molar-refractivity contribution in [2.45, 2.75) is 18.6 Å². The van der Waals surface area contributed by atoms with Gasteiger partial charge in [0.05, 0.1) is 5.69 Å². The van der Waals surface area contributed by atoms with Crippen LogP contribution in [0.3, 0.4) is 0 Å². The van der Waals surface area contributed by atoms with Crippen molar-refractivity contribution in [1.29, 1.82) is 0 Å². The number of nitrogen functional groups attached to an aromatic ring is 1. The first-order valence-electron chi connectivity index (χ1n) is 5.41. The van der Waals surface area contributed by atoms with Gasteiger partial charge in [-0.1, -0.05) is 6.92 Å². The number of carbonyl (C=O) groups excluding carboxylic acids is 1. The quantitative estimate of drug-likeness (QED) is 0.526. The van der Waals surface area contributed by atoms with Crippen molar-refractivity contribution in [2.75, 3.05) is 18.2 Å². The summed E-state index contributed by atoms with van der Waals surface area (Å²) in [5.41, 5.74) is 3.52. The maximum atomic E-state index is 11.7. The molecule has 1 amide bonds. The summed E-state index contributed by atoms with van der Waals surface area (Å²) in [6, 6.07) is 3.32. The highest BCUT2D eigenvalue weighted by atomic mass is 32.2. The Labute approximate surface area is 106 Å². The van der Waals surface area contributed by atoms with E-state index in [1.165, 1.54) is 0 Å². The van der Waals surface area contributed by atoms with E-state index in [1.807, 2.05) is 0 Å². The molecule has 1 atom stereocenters. The molecule has 5 nitrogen and oxygen atoms in total. The van der Waals surface area contributed by atoms with Crippen LogP contribution in [0.4, 0.5) is 5.69 Å². The Morgan fingerprint density at radius 3 is 3.06 bits per heavy atom. The fourth-order valence-corrected chi connectivity index (χ4v) is 1.60. The van der Waals surface area contributed by atoms with E-state index >= 15 is 0 Å². The second kappa shape index (κ2) is 7.13. The average Bonchev–Trinajstić information content (AvgIpc) is 2.38. The van der Waals surface area contributed by atoms with Gasteiger partial charge >= 0.3 is 0 Å². The largest absolute Gasteiger partial charge is 0.351 e. The summed E-state index contributed by atoms with van der Waals surface area (Å²) < 4.78 is 0. The van der Waals surface area contributed by atoms with Crippen molar-refractivity contribution < 1.29 is 4.79 Å². The number of aromatic nitrogens is 1. The van der Waals surface area contributed by atoms with Gasteiger partial charge in [0.2, 0.25) is 0 Å². The lowest BCUT2D eigenvalue weighted by Crippen LogP contribution is -2.27. The Bertz CT molecular complexity index is 372. The van der Waals surface area contributed by atoms with Crippen LogP contribution < -0.4 is 16.6 Å². The van der Waals surface area contributed by atoms with E-state index in [-0.39, 0.29) is 5.91 Å². The van der Waals surface area contributed by atoms with E-state index < -0.39 is 0 Å². The number of nitrogens with zero attached hydrogens (tertiary/aromatic N) is 1. The summed E-state index contributed by atoms with van der Waals surface area (Å²) in [5, 5.41) is 3.37. The van der Waals surface area contributed by atoms with Crippen LogP contribution in [0.15, 0.2) is 18.3 Å². The molecular weight excluding hydrogens is 236 g/mol. The number of thioether (sulfide) groups is 1. The highest BCUT2D eigenvalue weighted by molar-refractivity contribution is 7.99. The Kier molecular flexibility index (Phi) is 5.79. The van der Waals surface area contributed by atoms with Gasteiger partial charge in [0, 0.05) is 18.0 Å². The molecule has 1 heterocycles. The summed E-state index contributed by atoms with van der Waals surface area (Å²) in [5.74, 6) is 5.09. The molecule has 0 saturated heterocycles. The SMILES string of the molecule is CSC(C)CCNC(=O)c1cc(NN)ccn1. The molecule has 4 N–H and O–H groups in total. The molecule has 1 rings (SSSR count). The molecule has 1 unspecified atom stereocenters. The standard InChI is InChI=1S/C11H18N4OS/c1-8(17-2)3-5-14-11(16)10-7-9(15-12)4-6-13-10/h4,6-8H,3,5,12H2,1-2H3,(H,13,15)(H,14,16). The van der Waals surface area contributed by atoms with Gasteiger partial charge in [0.1, 0.15) is 5.69 Å². The number of hydrogen-bond donors (Lipinski definition) is 3. The summed E-state index contributed by atoms with van der Waals surface area (Å²) >= 11 is 1.78. The lowest BCUT2D eigenvalue weighted by Gasteiger charge is -2.09. The number of pyridine rings is 1. The van der Waals surface area contributed by atoms with E-state index in [9.17, 15) is 4.79 Å². The summed E-state index contributed by atoms with van der Waals surface area (Å²) in [6.07, 6.45) is 4.56. The predicted octanol–water partition coefficient (Wildman–Crippen LogP) is 1.24. The Hall–Kier alpha value is -1.27. The second-order valence-corrected chi connectivity index (χ2v) is 4.94.